The van der Waals surface area contributed by atoms with Crippen molar-refractivity contribution in [3.8, 4) is 11.5 Å². The van der Waals surface area contributed by atoms with Gasteiger partial charge in [0.05, 0.1) is 25.9 Å². The highest BCUT2D eigenvalue weighted by atomic mass is 16.5. The Labute approximate surface area is 185 Å². The summed E-state index contributed by atoms with van der Waals surface area (Å²) in [5.41, 5.74) is 8.02. The summed E-state index contributed by atoms with van der Waals surface area (Å²) >= 11 is 0. The highest BCUT2D eigenvalue weighted by Gasteiger charge is 2.30. The van der Waals surface area contributed by atoms with Crippen molar-refractivity contribution in [2.45, 2.75) is 50.8 Å². The lowest BCUT2D eigenvalue weighted by Gasteiger charge is -2.37. The Bertz CT molecular complexity index is 903. The summed E-state index contributed by atoms with van der Waals surface area (Å²) in [5, 5.41) is 12.4. The Kier molecular flexibility index (Phi) is 6.15. The molecule has 168 valence electrons. The van der Waals surface area contributed by atoms with E-state index in [0.29, 0.717) is 6.04 Å². The second-order valence-corrected chi connectivity index (χ2v) is 9.23. The number of anilines is 1. The van der Waals surface area contributed by atoms with Crippen LogP contribution in [0.25, 0.3) is 0 Å². The van der Waals surface area contributed by atoms with Crippen LogP contribution in [0.15, 0.2) is 36.4 Å². The number of ether oxygens (including phenoxy) is 2. The fraction of sp³-hybridized carbons (Fsp3) is 0.520. The molecule has 0 spiro atoms. The summed E-state index contributed by atoms with van der Waals surface area (Å²) in [4.78, 5) is 2.36. The van der Waals surface area contributed by atoms with Gasteiger partial charge in [0.25, 0.3) is 0 Å². The Morgan fingerprint density at radius 3 is 2.26 bits per heavy atom. The van der Waals surface area contributed by atoms with Gasteiger partial charge in [-0.3, -0.25) is 5.43 Å². The first-order valence-corrected chi connectivity index (χ1v) is 11.1. The van der Waals surface area contributed by atoms with Gasteiger partial charge in [0, 0.05) is 31.9 Å². The van der Waals surface area contributed by atoms with E-state index in [-0.39, 0.29) is 6.04 Å². The molecule has 0 aromatic heterocycles. The Balaban J connectivity index is 1.67. The Hall–Kier alpha value is -2.28. The van der Waals surface area contributed by atoms with E-state index in [2.05, 4.69) is 65.7 Å². The van der Waals surface area contributed by atoms with Crippen LogP contribution >= 0.6 is 0 Å². The van der Waals surface area contributed by atoms with Gasteiger partial charge in [0.1, 0.15) is 0 Å². The monoisotopic (exact) mass is 425 g/mol. The average Bonchev–Trinajstić information content (AvgIpc) is 2.86. The van der Waals surface area contributed by atoms with E-state index in [4.69, 9.17) is 9.47 Å². The predicted molar refractivity (Wildman–Crippen MR) is 124 cm³/mol. The van der Waals surface area contributed by atoms with Crippen molar-refractivity contribution in [3.63, 3.8) is 0 Å². The van der Waals surface area contributed by atoms with Gasteiger partial charge in [-0.1, -0.05) is 12.1 Å². The van der Waals surface area contributed by atoms with E-state index in [1.165, 1.54) is 22.4 Å². The number of nitrogens with zero attached hydrogens (tertiary/aromatic N) is 2. The van der Waals surface area contributed by atoms with Crippen LogP contribution in [-0.2, 0) is 6.42 Å². The molecule has 31 heavy (non-hydrogen) atoms. The normalized spacial score (nSPS) is 23.7. The zero-order chi connectivity index (χ0) is 22.2. The van der Waals surface area contributed by atoms with Gasteiger partial charge in [-0.05, 0) is 74.1 Å². The molecule has 0 aliphatic carbocycles. The number of rotatable bonds is 4. The van der Waals surface area contributed by atoms with Gasteiger partial charge in [-0.2, -0.15) is 0 Å². The second-order valence-electron chi connectivity index (χ2n) is 9.23. The first-order valence-electron chi connectivity index (χ1n) is 11.1. The first-order chi connectivity index (χ1) is 14.8. The highest BCUT2D eigenvalue weighted by Crippen LogP contribution is 2.39. The molecule has 2 heterocycles. The van der Waals surface area contributed by atoms with Crippen molar-refractivity contribution < 1.29 is 14.6 Å². The van der Waals surface area contributed by atoms with E-state index in [1.807, 2.05) is 6.92 Å². The van der Waals surface area contributed by atoms with Crippen LogP contribution in [0.5, 0.6) is 11.5 Å². The lowest BCUT2D eigenvalue weighted by Crippen LogP contribution is -2.42. The van der Waals surface area contributed by atoms with Crippen LogP contribution in [-0.4, -0.2) is 56.1 Å². The van der Waals surface area contributed by atoms with Gasteiger partial charge in [-0.15, -0.1) is 0 Å². The van der Waals surface area contributed by atoms with Gasteiger partial charge < -0.3 is 19.5 Å². The maximum Gasteiger partial charge on any atom is 0.161 e. The topological polar surface area (TPSA) is 57.2 Å². The number of fused-ring (bicyclic) bond motifs is 1. The Morgan fingerprint density at radius 1 is 1.03 bits per heavy atom. The third-order valence-electron chi connectivity index (χ3n) is 6.69. The minimum absolute atomic E-state index is 0.0656. The maximum absolute atomic E-state index is 10.2. The van der Waals surface area contributed by atoms with Crippen LogP contribution in [0.1, 0.15) is 49.4 Å². The van der Waals surface area contributed by atoms with Gasteiger partial charge in [-0.25, -0.2) is 5.01 Å². The van der Waals surface area contributed by atoms with Crippen LogP contribution in [0, 0.1) is 0 Å². The average molecular weight is 426 g/mol. The van der Waals surface area contributed by atoms with E-state index in [0.717, 1.165) is 43.9 Å². The smallest absolute Gasteiger partial charge is 0.161 e. The number of hydrazine groups is 1. The first kappa shape index (κ1) is 21.9. The standard InChI is InChI=1S/C25H35N3O3/c1-17-14-19-15-22(30-4)23(31-5)16-21(19)24(27(3)26-17)18-6-8-20(9-7-18)28-12-10-25(2,29)11-13-28/h6-9,15-17,24,26,29H,10-14H2,1-5H3/t17-,24?/m1/s1. The summed E-state index contributed by atoms with van der Waals surface area (Å²) in [7, 11) is 5.48. The molecule has 1 saturated heterocycles. The van der Waals surface area contributed by atoms with Gasteiger partial charge in [0.15, 0.2) is 11.5 Å². The molecule has 1 fully saturated rings. The largest absolute Gasteiger partial charge is 0.493 e. The molecule has 2 aromatic rings. The lowest BCUT2D eigenvalue weighted by atomic mass is 9.91. The second kappa shape index (κ2) is 8.69. The third kappa shape index (κ3) is 4.52. The molecule has 2 aliphatic heterocycles. The van der Waals surface area contributed by atoms with E-state index in [9.17, 15) is 5.11 Å². The van der Waals surface area contributed by atoms with E-state index >= 15 is 0 Å². The molecule has 6 nitrogen and oxygen atoms in total. The lowest BCUT2D eigenvalue weighted by molar-refractivity contribution is 0.0351. The zero-order valence-electron chi connectivity index (χ0n) is 19.3. The summed E-state index contributed by atoms with van der Waals surface area (Å²) in [5.74, 6) is 1.53. The molecule has 0 radical (unpaired) electrons. The number of hydrogen-bond donors (Lipinski definition) is 2. The fourth-order valence-electron chi connectivity index (χ4n) is 4.89. The number of hydrogen-bond acceptors (Lipinski definition) is 6. The van der Waals surface area contributed by atoms with Crippen LogP contribution < -0.4 is 19.8 Å². The molecular formula is C25H35N3O3. The molecule has 0 saturated carbocycles. The molecule has 2 aromatic carbocycles. The molecule has 0 bridgehead atoms. The highest BCUT2D eigenvalue weighted by molar-refractivity contribution is 5.53. The Morgan fingerprint density at radius 2 is 1.65 bits per heavy atom. The maximum atomic E-state index is 10.2. The van der Waals surface area contributed by atoms with Crippen molar-refractivity contribution in [1.29, 1.82) is 0 Å². The number of piperidine rings is 1. The van der Waals surface area contributed by atoms with Crippen molar-refractivity contribution in [3.05, 3.63) is 53.1 Å². The number of nitrogens with one attached hydrogen (secondary N) is 1. The molecule has 6 heteroatoms. The van der Waals surface area contributed by atoms with Crippen LogP contribution in [0.4, 0.5) is 5.69 Å². The van der Waals surface area contributed by atoms with E-state index < -0.39 is 5.60 Å². The third-order valence-corrected chi connectivity index (χ3v) is 6.69. The summed E-state index contributed by atoms with van der Waals surface area (Å²) in [6.07, 6.45) is 2.52. The molecule has 1 unspecified atom stereocenters. The summed E-state index contributed by atoms with van der Waals surface area (Å²) in [6, 6.07) is 13.5. The van der Waals surface area contributed by atoms with Crippen molar-refractivity contribution in [2.75, 3.05) is 39.3 Å². The van der Waals surface area contributed by atoms with E-state index in [1.54, 1.807) is 14.2 Å². The summed E-state index contributed by atoms with van der Waals surface area (Å²) < 4.78 is 11.2. The zero-order valence-corrected chi connectivity index (χ0v) is 19.3. The molecule has 2 atom stereocenters. The van der Waals surface area contributed by atoms with Gasteiger partial charge >= 0.3 is 0 Å². The van der Waals surface area contributed by atoms with Crippen LogP contribution in [0.3, 0.4) is 0 Å². The molecule has 2 aliphatic rings. The SMILES string of the molecule is COc1cc2c(cc1OC)C(c1ccc(N3CCC(C)(O)CC3)cc1)N(C)N[C@H](C)C2. The predicted octanol–water partition coefficient (Wildman–Crippen LogP) is 3.53. The van der Waals surface area contributed by atoms with Crippen molar-refractivity contribution in [1.82, 2.24) is 10.4 Å². The molecule has 4 rings (SSSR count). The van der Waals surface area contributed by atoms with Crippen molar-refractivity contribution in [2.24, 2.45) is 0 Å². The quantitative estimate of drug-likeness (QED) is 0.782. The number of benzene rings is 2. The molecule has 2 N–H and O–H groups in total. The van der Waals surface area contributed by atoms with Crippen LogP contribution in [0.2, 0.25) is 0 Å². The minimum Gasteiger partial charge on any atom is -0.493 e. The van der Waals surface area contributed by atoms with Gasteiger partial charge in [0.2, 0.25) is 0 Å². The summed E-state index contributed by atoms with van der Waals surface area (Å²) in [6.45, 7) is 5.90. The number of methoxy groups -OCH3 is 2. The van der Waals surface area contributed by atoms with Crippen molar-refractivity contribution >= 4 is 5.69 Å². The molecule has 0 amide bonds. The molecular weight excluding hydrogens is 390 g/mol. The minimum atomic E-state index is -0.536. The number of aliphatic hydroxyl groups is 1. The fourth-order valence-corrected chi connectivity index (χ4v) is 4.89.